The Morgan fingerprint density at radius 2 is 1.92 bits per heavy atom. The van der Waals surface area contributed by atoms with Crippen LogP contribution in [-0.2, 0) is 6.54 Å². The predicted molar refractivity (Wildman–Crippen MR) is 92.8 cm³/mol. The van der Waals surface area contributed by atoms with Crippen LogP contribution in [0.5, 0.6) is 5.75 Å². The molecule has 0 aliphatic heterocycles. The van der Waals surface area contributed by atoms with E-state index in [9.17, 15) is 4.79 Å². The minimum absolute atomic E-state index is 0.176. The summed E-state index contributed by atoms with van der Waals surface area (Å²) < 4.78 is 6.66. The fourth-order valence-corrected chi connectivity index (χ4v) is 2.56. The summed E-state index contributed by atoms with van der Waals surface area (Å²) in [5.41, 5.74) is 4.24. The van der Waals surface area contributed by atoms with Gasteiger partial charge in [-0.05, 0) is 59.2 Å². The van der Waals surface area contributed by atoms with Crippen molar-refractivity contribution < 1.29 is 9.53 Å². The summed E-state index contributed by atoms with van der Waals surface area (Å²) in [6, 6.07) is 11.3. The molecule has 0 fully saturated rings. The molecule has 128 valence electrons. The minimum atomic E-state index is -0.176. The number of carbonyl (C=O) groups excluding carboxylic acids is 1. The number of benzene rings is 2. The van der Waals surface area contributed by atoms with Crippen LogP contribution in [0, 0.1) is 13.8 Å². The number of nitrogens with one attached hydrogen (secondary N) is 1. The normalized spacial score (nSPS) is 10.5. The number of ether oxygens (including phenoxy) is 1. The van der Waals surface area contributed by atoms with Gasteiger partial charge < -0.3 is 10.1 Å². The van der Waals surface area contributed by atoms with Crippen molar-refractivity contribution >= 4 is 5.91 Å². The number of carbonyl (C=O) groups is 1. The Hall–Kier alpha value is -3.22. The number of hydrogen-bond donors (Lipinski definition) is 1. The average Bonchev–Trinajstić information content (AvgIpc) is 3.16. The molecule has 3 rings (SSSR count). The van der Waals surface area contributed by atoms with E-state index in [0.717, 1.165) is 22.4 Å². The predicted octanol–water partition coefficient (Wildman–Crippen LogP) is 2.22. The molecule has 0 atom stereocenters. The second kappa shape index (κ2) is 7.12. The number of aryl methyl sites for hydroxylation is 1. The lowest BCUT2D eigenvalue weighted by Crippen LogP contribution is -2.25. The molecule has 1 amide bonds. The highest BCUT2D eigenvalue weighted by atomic mass is 16.5. The molecule has 3 aromatic rings. The SMILES string of the molecule is COc1ccc(CNC(=O)c2ccc(C)c(C)c2-n2cnnn2)cc1. The summed E-state index contributed by atoms with van der Waals surface area (Å²) in [6.07, 6.45) is 1.49. The number of amides is 1. The molecule has 1 aromatic heterocycles. The molecular weight excluding hydrogens is 318 g/mol. The van der Waals surface area contributed by atoms with Crippen molar-refractivity contribution in [2.24, 2.45) is 0 Å². The molecule has 0 bridgehead atoms. The lowest BCUT2D eigenvalue weighted by Gasteiger charge is -2.14. The second-order valence-electron chi connectivity index (χ2n) is 5.69. The van der Waals surface area contributed by atoms with Gasteiger partial charge in [-0.3, -0.25) is 4.79 Å². The van der Waals surface area contributed by atoms with E-state index in [4.69, 9.17) is 4.74 Å². The topological polar surface area (TPSA) is 81.9 Å². The maximum Gasteiger partial charge on any atom is 0.253 e. The Bertz CT molecular complexity index is 873. The number of tetrazole rings is 1. The zero-order valence-electron chi connectivity index (χ0n) is 14.4. The maximum absolute atomic E-state index is 12.7. The zero-order valence-corrected chi connectivity index (χ0v) is 14.4. The van der Waals surface area contributed by atoms with Crippen LogP contribution in [0.1, 0.15) is 27.0 Å². The first-order valence-corrected chi connectivity index (χ1v) is 7.85. The van der Waals surface area contributed by atoms with Gasteiger partial charge in [-0.15, -0.1) is 5.10 Å². The largest absolute Gasteiger partial charge is 0.497 e. The summed E-state index contributed by atoms with van der Waals surface area (Å²) in [6.45, 7) is 4.36. The van der Waals surface area contributed by atoms with Crippen molar-refractivity contribution in [3.63, 3.8) is 0 Å². The van der Waals surface area contributed by atoms with Crippen molar-refractivity contribution in [2.45, 2.75) is 20.4 Å². The van der Waals surface area contributed by atoms with Crippen LogP contribution < -0.4 is 10.1 Å². The van der Waals surface area contributed by atoms with Gasteiger partial charge in [0.15, 0.2) is 0 Å². The quantitative estimate of drug-likeness (QED) is 0.772. The van der Waals surface area contributed by atoms with Crippen LogP contribution >= 0.6 is 0 Å². The molecule has 0 aliphatic rings. The third kappa shape index (κ3) is 3.50. The lowest BCUT2D eigenvalue weighted by atomic mass is 10.0. The number of methoxy groups -OCH3 is 1. The molecule has 0 saturated heterocycles. The Morgan fingerprint density at radius 1 is 1.16 bits per heavy atom. The molecule has 25 heavy (non-hydrogen) atoms. The van der Waals surface area contributed by atoms with E-state index in [1.54, 1.807) is 13.2 Å². The van der Waals surface area contributed by atoms with Crippen molar-refractivity contribution in [3.8, 4) is 11.4 Å². The maximum atomic E-state index is 12.7. The number of rotatable bonds is 5. The van der Waals surface area contributed by atoms with Crippen molar-refractivity contribution in [2.75, 3.05) is 7.11 Å². The van der Waals surface area contributed by atoms with Gasteiger partial charge in [-0.25, -0.2) is 0 Å². The van der Waals surface area contributed by atoms with Gasteiger partial charge in [-0.2, -0.15) is 4.68 Å². The Balaban J connectivity index is 1.83. The Morgan fingerprint density at radius 3 is 2.56 bits per heavy atom. The summed E-state index contributed by atoms with van der Waals surface area (Å²) in [5.74, 6) is 0.606. The zero-order chi connectivity index (χ0) is 17.8. The van der Waals surface area contributed by atoms with Gasteiger partial charge in [-0.1, -0.05) is 18.2 Å². The van der Waals surface area contributed by atoms with Crippen molar-refractivity contribution in [1.29, 1.82) is 0 Å². The first-order chi connectivity index (χ1) is 12.1. The molecule has 2 aromatic carbocycles. The van der Waals surface area contributed by atoms with Gasteiger partial charge in [0.25, 0.3) is 5.91 Å². The summed E-state index contributed by atoms with van der Waals surface area (Å²) in [4.78, 5) is 12.7. The molecule has 0 spiro atoms. The number of hydrogen-bond acceptors (Lipinski definition) is 5. The summed E-state index contributed by atoms with van der Waals surface area (Å²) in [7, 11) is 1.62. The lowest BCUT2D eigenvalue weighted by molar-refractivity contribution is 0.0950. The molecule has 1 heterocycles. The molecule has 1 N–H and O–H groups in total. The third-order valence-corrected chi connectivity index (χ3v) is 4.14. The van der Waals surface area contributed by atoms with Crippen LogP contribution in [0.25, 0.3) is 5.69 Å². The van der Waals surface area contributed by atoms with E-state index in [-0.39, 0.29) is 5.91 Å². The molecule has 0 radical (unpaired) electrons. The molecule has 0 saturated carbocycles. The van der Waals surface area contributed by atoms with Gasteiger partial charge in [0, 0.05) is 6.54 Å². The Labute approximate surface area is 145 Å². The third-order valence-electron chi connectivity index (χ3n) is 4.14. The number of aromatic nitrogens is 4. The van der Waals surface area contributed by atoms with Gasteiger partial charge >= 0.3 is 0 Å². The highest BCUT2D eigenvalue weighted by Crippen LogP contribution is 2.22. The van der Waals surface area contributed by atoms with Gasteiger partial charge in [0.1, 0.15) is 12.1 Å². The number of nitrogens with zero attached hydrogens (tertiary/aromatic N) is 4. The molecular formula is C18H19N5O2. The van der Waals surface area contributed by atoms with E-state index >= 15 is 0 Å². The first kappa shape index (κ1) is 16.6. The van der Waals surface area contributed by atoms with Crippen LogP contribution in [0.4, 0.5) is 0 Å². The highest BCUT2D eigenvalue weighted by molar-refractivity contribution is 5.98. The molecule has 0 aliphatic carbocycles. The minimum Gasteiger partial charge on any atom is -0.497 e. The van der Waals surface area contributed by atoms with Crippen LogP contribution in [0.3, 0.4) is 0 Å². The van der Waals surface area contributed by atoms with Crippen molar-refractivity contribution in [1.82, 2.24) is 25.5 Å². The molecule has 7 heteroatoms. The van der Waals surface area contributed by atoms with E-state index in [2.05, 4.69) is 20.8 Å². The summed E-state index contributed by atoms with van der Waals surface area (Å²) >= 11 is 0. The van der Waals surface area contributed by atoms with Crippen LogP contribution in [0.2, 0.25) is 0 Å². The highest BCUT2D eigenvalue weighted by Gasteiger charge is 2.17. The van der Waals surface area contributed by atoms with Gasteiger partial charge in [0.2, 0.25) is 0 Å². The van der Waals surface area contributed by atoms with E-state index in [1.807, 2.05) is 44.2 Å². The van der Waals surface area contributed by atoms with Crippen LogP contribution in [-0.4, -0.2) is 33.2 Å². The molecule has 7 nitrogen and oxygen atoms in total. The van der Waals surface area contributed by atoms with E-state index < -0.39 is 0 Å². The van der Waals surface area contributed by atoms with Crippen molar-refractivity contribution in [3.05, 3.63) is 65.0 Å². The first-order valence-electron chi connectivity index (χ1n) is 7.85. The van der Waals surface area contributed by atoms with E-state index in [0.29, 0.717) is 17.8 Å². The van der Waals surface area contributed by atoms with Gasteiger partial charge in [0.05, 0.1) is 18.4 Å². The second-order valence-corrected chi connectivity index (χ2v) is 5.69. The standard InChI is InChI=1S/C18H19N5O2/c1-12-4-9-16(17(13(12)2)23-11-20-21-22-23)18(24)19-10-14-5-7-15(25-3)8-6-14/h4-9,11H,10H2,1-3H3,(H,19,24). The fraction of sp³-hybridized carbons (Fsp3) is 0.222. The Kier molecular flexibility index (Phi) is 4.74. The smallest absolute Gasteiger partial charge is 0.253 e. The molecule has 0 unspecified atom stereocenters. The average molecular weight is 337 g/mol. The van der Waals surface area contributed by atoms with Crippen LogP contribution in [0.15, 0.2) is 42.7 Å². The van der Waals surface area contributed by atoms with E-state index in [1.165, 1.54) is 11.0 Å². The monoisotopic (exact) mass is 337 g/mol. The fourth-order valence-electron chi connectivity index (χ4n) is 2.56. The summed E-state index contributed by atoms with van der Waals surface area (Å²) in [5, 5.41) is 14.2.